The summed E-state index contributed by atoms with van der Waals surface area (Å²) < 4.78 is 0. The Morgan fingerprint density at radius 2 is 2.39 bits per heavy atom. The number of aliphatic hydroxyl groups excluding tert-OH is 1. The van der Waals surface area contributed by atoms with Crippen LogP contribution >= 0.6 is 23.1 Å². The molecule has 0 aromatic carbocycles. The van der Waals surface area contributed by atoms with E-state index in [1.54, 1.807) is 16.2 Å². The monoisotopic (exact) mass is 283 g/mol. The lowest BCUT2D eigenvalue weighted by atomic mass is 10.1. The van der Waals surface area contributed by atoms with Gasteiger partial charge in [-0.15, -0.1) is 11.3 Å². The van der Waals surface area contributed by atoms with Crippen LogP contribution in [0.1, 0.15) is 33.0 Å². The normalized spacial score (nSPS) is 23.8. The van der Waals surface area contributed by atoms with Crippen LogP contribution in [0.5, 0.6) is 0 Å². The zero-order valence-electron chi connectivity index (χ0n) is 10.2. The van der Waals surface area contributed by atoms with Gasteiger partial charge in [0, 0.05) is 23.7 Å². The van der Waals surface area contributed by atoms with Crippen molar-refractivity contribution in [2.45, 2.75) is 31.1 Å². The molecular weight excluding hydrogens is 266 g/mol. The van der Waals surface area contributed by atoms with Crippen LogP contribution in [-0.2, 0) is 12.2 Å². The van der Waals surface area contributed by atoms with E-state index in [4.69, 9.17) is 0 Å². The van der Waals surface area contributed by atoms with E-state index in [2.05, 4.69) is 6.07 Å². The molecule has 3 heterocycles. The summed E-state index contributed by atoms with van der Waals surface area (Å²) in [6, 6.07) is 2.06. The van der Waals surface area contributed by atoms with E-state index in [1.807, 2.05) is 11.8 Å². The first-order valence-electron chi connectivity index (χ1n) is 6.40. The molecule has 0 aliphatic carbocycles. The number of likely N-dealkylation sites (tertiary alicyclic amines) is 1. The predicted molar refractivity (Wildman–Crippen MR) is 75.3 cm³/mol. The van der Waals surface area contributed by atoms with Gasteiger partial charge in [0.15, 0.2) is 0 Å². The van der Waals surface area contributed by atoms with E-state index in [1.165, 1.54) is 16.2 Å². The maximum atomic E-state index is 12.4. The topological polar surface area (TPSA) is 40.5 Å². The number of amides is 1. The second-order valence-electron chi connectivity index (χ2n) is 4.91. The van der Waals surface area contributed by atoms with Crippen molar-refractivity contribution in [2.75, 3.05) is 18.8 Å². The van der Waals surface area contributed by atoms with Gasteiger partial charge in [-0.3, -0.25) is 4.79 Å². The molecule has 1 unspecified atom stereocenters. The van der Waals surface area contributed by atoms with E-state index in [-0.39, 0.29) is 12.0 Å². The Kier molecular flexibility index (Phi) is 3.63. The number of piperidine rings is 1. The SMILES string of the molecule is O=C(c1cc2c(s1)CCSC2)N1CCCC(O)C1. The van der Waals surface area contributed by atoms with Crippen molar-refractivity contribution >= 4 is 29.0 Å². The van der Waals surface area contributed by atoms with Crippen molar-refractivity contribution in [1.29, 1.82) is 0 Å². The van der Waals surface area contributed by atoms with Crippen LogP contribution in [0.2, 0.25) is 0 Å². The molecule has 1 aromatic heterocycles. The van der Waals surface area contributed by atoms with Crippen LogP contribution in [-0.4, -0.2) is 40.9 Å². The Bertz CT molecular complexity index is 434. The minimum atomic E-state index is -0.340. The first-order chi connectivity index (χ1) is 8.74. The quantitative estimate of drug-likeness (QED) is 0.858. The highest BCUT2D eigenvalue weighted by molar-refractivity contribution is 7.98. The average Bonchev–Trinajstić information content (AvgIpc) is 2.81. The molecule has 0 radical (unpaired) electrons. The molecule has 1 atom stereocenters. The smallest absolute Gasteiger partial charge is 0.264 e. The number of aryl methyl sites for hydroxylation is 1. The van der Waals surface area contributed by atoms with Gasteiger partial charge in [0.1, 0.15) is 0 Å². The van der Waals surface area contributed by atoms with Gasteiger partial charge in [-0.25, -0.2) is 0 Å². The van der Waals surface area contributed by atoms with E-state index in [0.717, 1.165) is 36.4 Å². The van der Waals surface area contributed by atoms with Gasteiger partial charge in [0.2, 0.25) is 0 Å². The number of carbonyl (C=O) groups excluding carboxylic acids is 1. The molecule has 0 spiro atoms. The minimum Gasteiger partial charge on any atom is -0.391 e. The van der Waals surface area contributed by atoms with Crippen LogP contribution in [0.25, 0.3) is 0 Å². The third-order valence-corrected chi connectivity index (χ3v) is 5.76. The van der Waals surface area contributed by atoms with Crippen LogP contribution in [0.4, 0.5) is 0 Å². The number of carbonyl (C=O) groups is 1. The zero-order valence-corrected chi connectivity index (χ0v) is 11.9. The summed E-state index contributed by atoms with van der Waals surface area (Å²) in [5.74, 6) is 2.32. The van der Waals surface area contributed by atoms with Crippen molar-refractivity contribution < 1.29 is 9.90 Å². The van der Waals surface area contributed by atoms with Crippen molar-refractivity contribution in [3.05, 3.63) is 21.4 Å². The Balaban J connectivity index is 1.77. The molecule has 3 nitrogen and oxygen atoms in total. The lowest BCUT2D eigenvalue weighted by Crippen LogP contribution is -2.41. The standard InChI is InChI=1S/C13H17NO2S2/c15-10-2-1-4-14(7-10)13(16)12-6-9-8-17-5-3-11(9)18-12/h6,10,15H,1-5,7-8H2. The Hall–Kier alpha value is -0.520. The molecule has 1 aromatic rings. The summed E-state index contributed by atoms with van der Waals surface area (Å²) in [6.45, 7) is 1.28. The largest absolute Gasteiger partial charge is 0.391 e. The molecule has 2 aliphatic rings. The first kappa shape index (κ1) is 12.5. The fourth-order valence-electron chi connectivity index (χ4n) is 2.55. The maximum Gasteiger partial charge on any atom is 0.264 e. The van der Waals surface area contributed by atoms with E-state index in [9.17, 15) is 9.90 Å². The lowest BCUT2D eigenvalue weighted by molar-refractivity contribution is 0.0477. The van der Waals surface area contributed by atoms with Crippen molar-refractivity contribution in [3.63, 3.8) is 0 Å². The summed E-state index contributed by atoms with van der Waals surface area (Å²) in [5, 5.41) is 9.64. The second-order valence-corrected chi connectivity index (χ2v) is 7.15. The van der Waals surface area contributed by atoms with Gasteiger partial charge in [0.25, 0.3) is 5.91 Å². The molecule has 1 fully saturated rings. The highest BCUT2D eigenvalue weighted by atomic mass is 32.2. The maximum absolute atomic E-state index is 12.4. The second kappa shape index (κ2) is 5.23. The fourth-order valence-corrected chi connectivity index (χ4v) is 4.89. The molecule has 1 N–H and O–H groups in total. The molecule has 1 saturated heterocycles. The van der Waals surface area contributed by atoms with E-state index >= 15 is 0 Å². The Morgan fingerprint density at radius 1 is 1.50 bits per heavy atom. The van der Waals surface area contributed by atoms with Crippen LogP contribution < -0.4 is 0 Å². The Morgan fingerprint density at radius 3 is 3.17 bits per heavy atom. The number of β-amino-alcohol motifs (C(OH)–C–C–N with tert-alkyl or cyclic N) is 1. The molecule has 0 bridgehead atoms. The number of hydrogen-bond donors (Lipinski definition) is 1. The van der Waals surface area contributed by atoms with Gasteiger partial charge in [-0.2, -0.15) is 11.8 Å². The number of hydrogen-bond acceptors (Lipinski definition) is 4. The molecule has 3 rings (SSSR count). The highest BCUT2D eigenvalue weighted by Gasteiger charge is 2.25. The van der Waals surface area contributed by atoms with Crippen molar-refractivity contribution in [2.24, 2.45) is 0 Å². The van der Waals surface area contributed by atoms with Crippen LogP contribution in [0, 0.1) is 0 Å². The van der Waals surface area contributed by atoms with Gasteiger partial charge < -0.3 is 10.0 Å². The van der Waals surface area contributed by atoms with E-state index in [0.29, 0.717) is 6.54 Å². The predicted octanol–water partition coefficient (Wildman–Crippen LogP) is 2.13. The lowest BCUT2D eigenvalue weighted by Gasteiger charge is -2.29. The van der Waals surface area contributed by atoms with E-state index < -0.39 is 0 Å². The highest BCUT2D eigenvalue weighted by Crippen LogP contribution is 2.32. The van der Waals surface area contributed by atoms with Crippen molar-refractivity contribution in [3.8, 4) is 0 Å². The molecule has 2 aliphatic heterocycles. The van der Waals surface area contributed by atoms with Gasteiger partial charge in [0.05, 0.1) is 11.0 Å². The van der Waals surface area contributed by atoms with Gasteiger partial charge in [-0.05, 0) is 36.6 Å². The molecule has 18 heavy (non-hydrogen) atoms. The number of nitrogens with zero attached hydrogens (tertiary/aromatic N) is 1. The molecular formula is C13H17NO2S2. The van der Waals surface area contributed by atoms with Crippen LogP contribution in [0.15, 0.2) is 6.07 Å². The van der Waals surface area contributed by atoms with Gasteiger partial charge >= 0.3 is 0 Å². The average molecular weight is 283 g/mol. The summed E-state index contributed by atoms with van der Waals surface area (Å²) in [7, 11) is 0. The molecule has 1 amide bonds. The fraction of sp³-hybridized carbons (Fsp3) is 0.615. The first-order valence-corrected chi connectivity index (χ1v) is 8.38. The Labute approximate surface area is 115 Å². The third-order valence-electron chi connectivity index (χ3n) is 3.52. The minimum absolute atomic E-state index is 0.109. The van der Waals surface area contributed by atoms with Gasteiger partial charge in [-0.1, -0.05) is 0 Å². The summed E-state index contributed by atoms with van der Waals surface area (Å²) in [4.78, 5) is 16.4. The molecule has 0 saturated carbocycles. The zero-order chi connectivity index (χ0) is 12.5. The summed E-state index contributed by atoms with van der Waals surface area (Å²) >= 11 is 3.59. The number of fused-ring (bicyclic) bond motifs is 1. The molecule has 98 valence electrons. The third kappa shape index (κ3) is 2.44. The number of aliphatic hydroxyl groups is 1. The van der Waals surface area contributed by atoms with Crippen LogP contribution in [0.3, 0.4) is 0 Å². The summed E-state index contributed by atoms with van der Waals surface area (Å²) in [6.07, 6.45) is 2.49. The molecule has 5 heteroatoms. The number of rotatable bonds is 1. The van der Waals surface area contributed by atoms with Crippen molar-refractivity contribution in [1.82, 2.24) is 4.90 Å². The number of thioether (sulfide) groups is 1. The number of thiophene rings is 1. The summed E-state index contributed by atoms with van der Waals surface area (Å²) in [5.41, 5.74) is 1.34.